The average Bonchev–Trinajstić information content (AvgIpc) is 2.94. The van der Waals surface area contributed by atoms with Crippen LogP contribution in [0.3, 0.4) is 0 Å². The first-order chi connectivity index (χ1) is 10.8. The third kappa shape index (κ3) is 4.86. The topological polar surface area (TPSA) is 78.5 Å². The summed E-state index contributed by atoms with van der Waals surface area (Å²) >= 11 is 0. The molecule has 0 bridgehead atoms. The van der Waals surface area contributed by atoms with Crippen molar-refractivity contribution < 1.29 is 13.2 Å². The predicted molar refractivity (Wildman–Crippen MR) is 91.7 cm³/mol. The number of sulfonamides is 1. The molecule has 0 saturated carbocycles. The van der Waals surface area contributed by atoms with Crippen molar-refractivity contribution in [2.45, 2.75) is 39.3 Å². The van der Waals surface area contributed by atoms with E-state index >= 15 is 0 Å². The first-order valence-electron chi connectivity index (χ1n) is 7.88. The molecule has 1 aromatic carbocycles. The van der Waals surface area contributed by atoms with Crippen LogP contribution in [0.25, 0.3) is 0 Å². The van der Waals surface area contributed by atoms with E-state index in [0.29, 0.717) is 18.2 Å². The van der Waals surface area contributed by atoms with Gasteiger partial charge in [-0.3, -0.25) is 4.72 Å². The second-order valence-electron chi connectivity index (χ2n) is 6.34. The largest absolute Gasteiger partial charge is 0.334 e. The van der Waals surface area contributed by atoms with Gasteiger partial charge in [-0.15, -0.1) is 0 Å². The molecule has 0 radical (unpaired) electrons. The summed E-state index contributed by atoms with van der Waals surface area (Å²) in [5.41, 5.74) is 1.24. The summed E-state index contributed by atoms with van der Waals surface area (Å²) in [6, 6.07) is 7.26. The van der Waals surface area contributed by atoms with Crippen molar-refractivity contribution in [1.82, 2.24) is 10.2 Å². The quantitative estimate of drug-likeness (QED) is 0.864. The van der Waals surface area contributed by atoms with Crippen LogP contribution >= 0.6 is 0 Å². The molecule has 7 heteroatoms. The zero-order valence-electron chi connectivity index (χ0n) is 13.9. The fourth-order valence-corrected chi connectivity index (χ4v) is 3.58. The van der Waals surface area contributed by atoms with Crippen molar-refractivity contribution in [2.75, 3.05) is 17.5 Å². The van der Waals surface area contributed by atoms with E-state index < -0.39 is 10.0 Å². The molecular formula is C16H25N3O3S. The van der Waals surface area contributed by atoms with E-state index in [2.05, 4.69) is 23.9 Å². The van der Waals surface area contributed by atoms with Crippen molar-refractivity contribution in [2.24, 2.45) is 5.92 Å². The highest BCUT2D eigenvalue weighted by Crippen LogP contribution is 2.24. The second-order valence-corrected chi connectivity index (χ2v) is 8.09. The number of rotatable bonds is 5. The van der Waals surface area contributed by atoms with Gasteiger partial charge in [0.05, 0.1) is 11.9 Å². The Kier molecular flexibility index (Phi) is 5.51. The fraction of sp³-hybridized carbons (Fsp3) is 0.562. The van der Waals surface area contributed by atoms with Gasteiger partial charge in [0.15, 0.2) is 0 Å². The normalized spacial score (nSPS) is 18.3. The molecular weight excluding hydrogens is 314 g/mol. The van der Waals surface area contributed by atoms with Crippen LogP contribution in [0.2, 0.25) is 0 Å². The third-order valence-electron chi connectivity index (χ3n) is 4.07. The van der Waals surface area contributed by atoms with Crippen LogP contribution in [0, 0.1) is 5.92 Å². The molecule has 1 unspecified atom stereocenters. The maximum atomic E-state index is 12.4. The molecule has 0 spiro atoms. The van der Waals surface area contributed by atoms with Gasteiger partial charge in [0.1, 0.15) is 0 Å². The summed E-state index contributed by atoms with van der Waals surface area (Å²) in [4.78, 5) is 14.3. The fourth-order valence-electron chi connectivity index (χ4n) is 2.98. The Morgan fingerprint density at radius 1 is 1.35 bits per heavy atom. The van der Waals surface area contributed by atoms with Crippen LogP contribution < -0.4 is 10.0 Å². The molecule has 2 amide bonds. The van der Waals surface area contributed by atoms with Gasteiger partial charge in [0, 0.05) is 19.1 Å². The van der Waals surface area contributed by atoms with E-state index in [0.717, 1.165) is 31.2 Å². The number of likely N-dealkylation sites (tertiary alicyclic amines) is 1. The molecule has 1 atom stereocenters. The Balaban J connectivity index is 2.02. The van der Waals surface area contributed by atoms with Crippen LogP contribution in [0.15, 0.2) is 24.3 Å². The molecule has 0 aliphatic carbocycles. The molecule has 0 aromatic heterocycles. The summed E-state index contributed by atoms with van der Waals surface area (Å²) in [7, 11) is -3.35. The van der Waals surface area contributed by atoms with Crippen LogP contribution in [-0.2, 0) is 16.6 Å². The standard InChI is InChI=1S/C16H25N3O3S/c1-12(2)15-9-6-10-19(15)16(20)17-11-13-7-4-5-8-14(13)18-23(3,21)22/h4-5,7-8,12,15,18H,6,9-11H2,1-3H3,(H,17,20). The number of para-hydroxylation sites is 1. The van der Waals surface area contributed by atoms with Gasteiger partial charge < -0.3 is 10.2 Å². The Morgan fingerprint density at radius 3 is 2.70 bits per heavy atom. The number of hydrogen-bond acceptors (Lipinski definition) is 3. The minimum absolute atomic E-state index is 0.0876. The van der Waals surface area contributed by atoms with Gasteiger partial charge in [-0.2, -0.15) is 0 Å². The van der Waals surface area contributed by atoms with Crippen molar-refractivity contribution >= 4 is 21.7 Å². The van der Waals surface area contributed by atoms with Crippen LogP contribution in [0.5, 0.6) is 0 Å². The van der Waals surface area contributed by atoms with E-state index in [4.69, 9.17) is 0 Å². The molecule has 6 nitrogen and oxygen atoms in total. The molecule has 1 saturated heterocycles. The van der Waals surface area contributed by atoms with E-state index in [1.54, 1.807) is 18.2 Å². The highest BCUT2D eigenvalue weighted by atomic mass is 32.2. The Morgan fingerprint density at radius 2 is 2.04 bits per heavy atom. The van der Waals surface area contributed by atoms with Gasteiger partial charge in [0.2, 0.25) is 10.0 Å². The van der Waals surface area contributed by atoms with E-state index in [-0.39, 0.29) is 12.1 Å². The van der Waals surface area contributed by atoms with Gasteiger partial charge in [-0.25, -0.2) is 13.2 Å². The first-order valence-corrected chi connectivity index (χ1v) is 9.77. The Labute approximate surface area is 138 Å². The lowest BCUT2D eigenvalue weighted by Crippen LogP contribution is -2.44. The predicted octanol–water partition coefficient (Wildman–Crippen LogP) is 2.39. The minimum Gasteiger partial charge on any atom is -0.334 e. The number of urea groups is 1. The lowest BCUT2D eigenvalue weighted by Gasteiger charge is -2.28. The van der Waals surface area contributed by atoms with Crippen LogP contribution in [0.4, 0.5) is 10.5 Å². The molecule has 2 rings (SSSR count). The zero-order valence-corrected chi connectivity index (χ0v) is 14.7. The second kappa shape index (κ2) is 7.21. The van der Waals surface area contributed by atoms with Gasteiger partial charge in [-0.1, -0.05) is 32.0 Å². The smallest absolute Gasteiger partial charge is 0.317 e. The number of anilines is 1. The SMILES string of the molecule is CC(C)C1CCCN1C(=O)NCc1ccccc1NS(C)(=O)=O. The summed E-state index contributed by atoms with van der Waals surface area (Å²) in [6.07, 6.45) is 3.18. The molecule has 128 valence electrons. The number of carbonyl (C=O) groups excluding carboxylic acids is 1. The monoisotopic (exact) mass is 339 g/mol. The summed E-state index contributed by atoms with van der Waals surface area (Å²) in [6.45, 7) is 5.32. The lowest BCUT2D eigenvalue weighted by atomic mass is 10.0. The van der Waals surface area contributed by atoms with Crippen LogP contribution in [0.1, 0.15) is 32.3 Å². The number of nitrogens with one attached hydrogen (secondary N) is 2. The van der Waals surface area contributed by atoms with Gasteiger partial charge in [0.25, 0.3) is 0 Å². The van der Waals surface area contributed by atoms with E-state index in [1.807, 2.05) is 11.0 Å². The number of carbonyl (C=O) groups is 1. The number of amides is 2. The van der Waals surface area contributed by atoms with Gasteiger partial charge >= 0.3 is 6.03 Å². The minimum atomic E-state index is -3.35. The van der Waals surface area contributed by atoms with Crippen molar-refractivity contribution in [3.8, 4) is 0 Å². The molecule has 1 aromatic rings. The van der Waals surface area contributed by atoms with Crippen molar-refractivity contribution in [3.63, 3.8) is 0 Å². The summed E-state index contributed by atoms with van der Waals surface area (Å²) in [5, 5.41) is 2.90. The van der Waals surface area contributed by atoms with Crippen LogP contribution in [-0.4, -0.2) is 38.2 Å². The molecule has 1 aliphatic heterocycles. The zero-order chi connectivity index (χ0) is 17.0. The third-order valence-corrected chi connectivity index (χ3v) is 4.66. The Bertz CT molecular complexity index is 658. The Hall–Kier alpha value is -1.76. The number of benzene rings is 1. The maximum absolute atomic E-state index is 12.4. The molecule has 23 heavy (non-hydrogen) atoms. The highest BCUT2D eigenvalue weighted by molar-refractivity contribution is 7.92. The van der Waals surface area contributed by atoms with Gasteiger partial charge in [-0.05, 0) is 30.4 Å². The summed E-state index contributed by atoms with van der Waals surface area (Å²) < 4.78 is 25.3. The average molecular weight is 339 g/mol. The highest BCUT2D eigenvalue weighted by Gasteiger charge is 2.30. The van der Waals surface area contributed by atoms with E-state index in [9.17, 15) is 13.2 Å². The maximum Gasteiger partial charge on any atom is 0.317 e. The number of hydrogen-bond donors (Lipinski definition) is 2. The molecule has 2 N–H and O–H groups in total. The van der Waals surface area contributed by atoms with Crippen molar-refractivity contribution in [1.29, 1.82) is 0 Å². The molecule has 1 aliphatic rings. The van der Waals surface area contributed by atoms with E-state index in [1.165, 1.54) is 0 Å². The molecule has 1 fully saturated rings. The first kappa shape index (κ1) is 17.6. The van der Waals surface area contributed by atoms with Crippen molar-refractivity contribution in [3.05, 3.63) is 29.8 Å². The molecule has 1 heterocycles. The number of nitrogens with zero attached hydrogens (tertiary/aromatic N) is 1. The summed E-state index contributed by atoms with van der Waals surface area (Å²) in [5.74, 6) is 0.433. The lowest BCUT2D eigenvalue weighted by molar-refractivity contribution is 0.178.